The van der Waals surface area contributed by atoms with Crippen molar-refractivity contribution in [2.24, 2.45) is 0 Å². The standard InChI is InChI=1S/C29H31NO8S/c1-22-7-9-24(10-8-22)38-25-11-13-26(14-12-25)39(34,35)30(18-15-27(31)32)29(16-19-36-20-17-29)28(33)37-21-23-5-3-2-4-6-23/h2-14H,15-21H2,1H3,(H,31,32). The second-order valence-electron chi connectivity index (χ2n) is 9.31. The highest BCUT2D eigenvalue weighted by Gasteiger charge is 2.52. The molecule has 1 heterocycles. The fourth-order valence-electron chi connectivity index (χ4n) is 4.43. The van der Waals surface area contributed by atoms with E-state index in [0.717, 1.165) is 15.4 Å². The SMILES string of the molecule is Cc1ccc(Oc2ccc(S(=O)(=O)N(CCC(=O)O)C3(C(=O)OCc4ccccc4)CCOCC3)cc2)cc1. The fraction of sp³-hybridized carbons (Fsp3) is 0.310. The number of carboxylic acids is 1. The highest BCUT2D eigenvalue weighted by atomic mass is 32.2. The molecule has 1 N–H and O–H groups in total. The maximum absolute atomic E-state index is 14.0. The summed E-state index contributed by atoms with van der Waals surface area (Å²) in [5.74, 6) is -0.889. The van der Waals surface area contributed by atoms with Crippen molar-refractivity contribution in [1.82, 2.24) is 4.31 Å². The molecule has 0 aromatic heterocycles. The zero-order valence-corrected chi connectivity index (χ0v) is 22.4. The van der Waals surface area contributed by atoms with Crippen molar-refractivity contribution in [3.63, 3.8) is 0 Å². The molecule has 0 saturated carbocycles. The number of nitrogens with zero attached hydrogens (tertiary/aromatic N) is 1. The Morgan fingerprint density at radius 1 is 0.923 bits per heavy atom. The molecule has 1 aliphatic rings. The molecule has 39 heavy (non-hydrogen) atoms. The van der Waals surface area contributed by atoms with Gasteiger partial charge in [0.15, 0.2) is 0 Å². The van der Waals surface area contributed by atoms with Crippen molar-refractivity contribution in [3.05, 3.63) is 90.0 Å². The monoisotopic (exact) mass is 553 g/mol. The van der Waals surface area contributed by atoms with E-state index in [4.69, 9.17) is 14.2 Å². The van der Waals surface area contributed by atoms with Crippen molar-refractivity contribution < 1.29 is 37.3 Å². The summed E-state index contributed by atoms with van der Waals surface area (Å²) >= 11 is 0. The first-order chi connectivity index (χ1) is 18.7. The quantitative estimate of drug-likeness (QED) is 0.344. The molecule has 3 aromatic rings. The van der Waals surface area contributed by atoms with Gasteiger partial charge in [0, 0.05) is 32.6 Å². The molecule has 0 atom stereocenters. The normalized spacial score (nSPS) is 15.0. The van der Waals surface area contributed by atoms with Gasteiger partial charge in [-0.1, -0.05) is 48.0 Å². The highest BCUT2D eigenvalue weighted by Crippen LogP contribution is 2.36. The van der Waals surface area contributed by atoms with E-state index in [0.29, 0.717) is 11.5 Å². The number of carboxylic acid groups (broad SMARTS) is 1. The van der Waals surface area contributed by atoms with Gasteiger partial charge >= 0.3 is 11.9 Å². The summed E-state index contributed by atoms with van der Waals surface area (Å²) in [5.41, 5.74) is 0.213. The van der Waals surface area contributed by atoms with Crippen LogP contribution in [-0.2, 0) is 35.7 Å². The first-order valence-corrected chi connectivity index (χ1v) is 14.0. The molecule has 0 aliphatic carbocycles. The lowest BCUT2D eigenvalue weighted by molar-refractivity contribution is -0.163. The van der Waals surface area contributed by atoms with Crippen molar-refractivity contribution in [2.45, 2.75) is 43.2 Å². The molecule has 0 spiro atoms. The molecular weight excluding hydrogens is 522 g/mol. The molecule has 1 fully saturated rings. The summed E-state index contributed by atoms with van der Waals surface area (Å²) in [4.78, 5) is 25.0. The number of rotatable bonds is 11. The molecule has 4 rings (SSSR count). The van der Waals surface area contributed by atoms with Crippen LogP contribution in [0.15, 0.2) is 83.8 Å². The highest BCUT2D eigenvalue weighted by molar-refractivity contribution is 7.89. The summed E-state index contributed by atoms with van der Waals surface area (Å²) in [6.45, 7) is 1.77. The first kappa shape index (κ1) is 28.3. The number of ether oxygens (including phenoxy) is 3. The van der Waals surface area contributed by atoms with Gasteiger partial charge in [0.05, 0.1) is 11.3 Å². The van der Waals surface area contributed by atoms with E-state index in [1.807, 2.05) is 49.4 Å². The lowest BCUT2D eigenvalue weighted by Gasteiger charge is -2.42. The molecule has 3 aromatic carbocycles. The number of hydrogen-bond acceptors (Lipinski definition) is 7. The minimum Gasteiger partial charge on any atom is -0.481 e. The van der Waals surface area contributed by atoms with Crippen molar-refractivity contribution in [2.75, 3.05) is 19.8 Å². The average molecular weight is 554 g/mol. The van der Waals surface area contributed by atoms with Crippen molar-refractivity contribution in [3.8, 4) is 11.5 Å². The van der Waals surface area contributed by atoms with Gasteiger partial charge in [-0.2, -0.15) is 4.31 Å². The average Bonchev–Trinajstić information content (AvgIpc) is 2.94. The Hall–Kier alpha value is -3.73. The van der Waals surface area contributed by atoms with Gasteiger partial charge in [0.25, 0.3) is 0 Å². The van der Waals surface area contributed by atoms with E-state index >= 15 is 0 Å². The predicted molar refractivity (Wildman–Crippen MR) is 143 cm³/mol. The molecule has 1 saturated heterocycles. The summed E-state index contributed by atoms with van der Waals surface area (Å²) in [6.07, 6.45) is -0.412. The molecular formula is C29H31NO8S. The van der Waals surface area contributed by atoms with Crippen LogP contribution in [0.2, 0.25) is 0 Å². The van der Waals surface area contributed by atoms with E-state index < -0.39 is 40.5 Å². The summed E-state index contributed by atoms with van der Waals surface area (Å²) in [5, 5.41) is 9.39. The molecule has 206 valence electrons. The first-order valence-electron chi connectivity index (χ1n) is 12.6. The molecule has 10 heteroatoms. The number of carbonyl (C=O) groups is 2. The number of esters is 1. The van der Waals surface area contributed by atoms with E-state index in [-0.39, 0.29) is 37.6 Å². The van der Waals surface area contributed by atoms with Crippen LogP contribution in [0.5, 0.6) is 11.5 Å². The third-order valence-corrected chi connectivity index (χ3v) is 8.57. The van der Waals surface area contributed by atoms with Crippen LogP contribution in [0.1, 0.15) is 30.4 Å². The Kier molecular flexibility index (Phi) is 9.01. The van der Waals surface area contributed by atoms with Crippen LogP contribution >= 0.6 is 0 Å². The van der Waals surface area contributed by atoms with Crippen LogP contribution in [0.25, 0.3) is 0 Å². The number of hydrogen-bond donors (Lipinski definition) is 1. The van der Waals surface area contributed by atoms with E-state index in [1.165, 1.54) is 24.3 Å². The van der Waals surface area contributed by atoms with Gasteiger partial charge < -0.3 is 19.3 Å². The predicted octanol–water partition coefficient (Wildman–Crippen LogP) is 4.55. The van der Waals surface area contributed by atoms with Gasteiger partial charge in [-0.15, -0.1) is 0 Å². The summed E-state index contributed by atoms with van der Waals surface area (Å²) < 4.78 is 45.8. The number of aliphatic carboxylic acids is 1. The largest absolute Gasteiger partial charge is 0.481 e. The third kappa shape index (κ3) is 6.83. The van der Waals surface area contributed by atoms with Crippen molar-refractivity contribution in [1.29, 1.82) is 0 Å². The third-order valence-electron chi connectivity index (χ3n) is 6.59. The second-order valence-corrected chi connectivity index (χ2v) is 11.2. The number of carbonyl (C=O) groups excluding carboxylic acids is 1. The maximum Gasteiger partial charge on any atom is 0.328 e. The lowest BCUT2D eigenvalue weighted by atomic mass is 9.89. The Balaban J connectivity index is 1.63. The van der Waals surface area contributed by atoms with Crippen LogP contribution in [0.3, 0.4) is 0 Å². The number of benzene rings is 3. The Morgan fingerprint density at radius 3 is 2.10 bits per heavy atom. The van der Waals surface area contributed by atoms with Crippen LogP contribution in [0.4, 0.5) is 0 Å². The van der Waals surface area contributed by atoms with E-state index in [1.54, 1.807) is 12.1 Å². The fourth-order valence-corrected chi connectivity index (χ4v) is 6.22. The Morgan fingerprint density at radius 2 is 1.51 bits per heavy atom. The zero-order chi connectivity index (χ0) is 27.9. The van der Waals surface area contributed by atoms with Crippen LogP contribution < -0.4 is 4.74 Å². The number of sulfonamides is 1. The van der Waals surface area contributed by atoms with Crippen molar-refractivity contribution >= 4 is 22.0 Å². The van der Waals surface area contributed by atoms with Gasteiger partial charge in [-0.3, -0.25) is 4.79 Å². The minimum atomic E-state index is -4.32. The molecule has 0 radical (unpaired) electrons. The zero-order valence-electron chi connectivity index (χ0n) is 21.6. The second kappa shape index (κ2) is 12.4. The molecule has 0 amide bonds. The summed E-state index contributed by atoms with van der Waals surface area (Å²) in [7, 11) is -4.32. The Bertz CT molecular complexity index is 1370. The minimum absolute atomic E-state index is 0.0358. The maximum atomic E-state index is 14.0. The van der Waals surface area contributed by atoms with Crippen LogP contribution in [0, 0.1) is 6.92 Å². The van der Waals surface area contributed by atoms with E-state index in [2.05, 4.69) is 0 Å². The smallest absolute Gasteiger partial charge is 0.328 e. The van der Waals surface area contributed by atoms with E-state index in [9.17, 15) is 23.1 Å². The van der Waals surface area contributed by atoms with Gasteiger partial charge in [0.2, 0.25) is 10.0 Å². The molecule has 1 aliphatic heterocycles. The lowest BCUT2D eigenvalue weighted by Crippen LogP contribution is -2.60. The molecule has 9 nitrogen and oxygen atoms in total. The number of aryl methyl sites for hydroxylation is 1. The Labute approximate surface area is 228 Å². The van der Waals surface area contributed by atoms with Gasteiger partial charge in [0.1, 0.15) is 23.6 Å². The summed E-state index contributed by atoms with van der Waals surface area (Å²) in [6, 6.07) is 22.3. The van der Waals surface area contributed by atoms with Gasteiger partial charge in [-0.05, 0) is 48.9 Å². The molecule has 0 unspecified atom stereocenters. The van der Waals surface area contributed by atoms with Gasteiger partial charge in [-0.25, -0.2) is 13.2 Å². The molecule has 0 bridgehead atoms. The topological polar surface area (TPSA) is 119 Å². The van der Waals surface area contributed by atoms with Crippen LogP contribution in [-0.4, -0.2) is 55.1 Å².